The third kappa shape index (κ3) is 5.24. The minimum absolute atomic E-state index is 0.0815. The molecule has 7 heteroatoms. The van der Waals surface area contributed by atoms with Crippen LogP contribution in [0.4, 0.5) is 0 Å². The van der Waals surface area contributed by atoms with Crippen LogP contribution in [0.5, 0.6) is 5.75 Å². The van der Waals surface area contributed by atoms with Crippen molar-refractivity contribution in [2.75, 3.05) is 33.5 Å². The van der Waals surface area contributed by atoms with Crippen molar-refractivity contribution in [1.82, 2.24) is 0 Å². The predicted molar refractivity (Wildman–Crippen MR) is 76.8 cm³/mol. The van der Waals surface area contributed by atoms with Gasteiger partial charge in [0.15, 0.2) is 5.84 Å². The van der Waals surface area contributed by atoms with Gasteiger partial charge in [-0.1, -0.05) is 22.8 Å². The van der Waals surface area contributed by atoms with Gasteiger partial charge in [-0.05, 0) is 12.1 Å². The van der Waals surface area contributed by atoms with Crippen LogP contribution in [0.1, 0.15) is 12.0 Å². The van der Waals surface area contributed by atoms with Crippen molar-refractivity contribution in [1.29, 1.82) is 0 Å². The van der Waals surface area contributed by atoms with E-state index in [1.165, 1.54) is 0 Å². The average molecular weight is 303 g/mol. The summed E-state index contributed by atoms with van der Waals surface area (Å²) in [6, 6.07) is 5.10. The summed E-state index contributed by atoms with van der Waals surface area (Å²) in [5.41, 5.74) is 5.96. The van der Waals surface area contributed by atoms with Crippen molar-refractivity contribution < 1.29 is 19.4 Å². The van der Waals surface area contributed by atoms with E-state index >= 15 is 0 Å². The molecule has 0 amide bonds. The third-order valence-corrected chi connectivity index (χ3v) is 2.78. The molecule has 6 nitrogen and oxygen atoms in total. The zero-order valence-electron chi connectivity index (χ0n) is 11.3. The molecule has 0 heterocycles. The van der Waals surface area contributed by atoms with E-state index < -0.39 is 0 Å². The van der Waals surface area contributed by atoms with E-state index in [0.29, 0.717) is 49.2 Å². The van der Waals surface area contributed by atoms with Crippen LogP contribution >= 0.6 is 11.6 Å². The molecule has 0 aromatic heterocycles. The van der Waals surface area contributed by atoms with Crippen LogP contribution in [0.2, 0.25) is 5.02 Å². The lowest BCUT2D eigenvalue weighted by atomic mass is 10.2. The van der Waals surface area contributed by atoms with E-state index in [-0.39, 0.29) is 5.84 Å². The fourth-order valence-corrected chi connectivity index (χ4v) is 1.77. The number of nitrogens with two attached hydrogens (primary N) is 1. The molecule has 3 N–H and O–H groups in total. The number of hydrogen-bond acceptors (Lipinski definition) is 5. The Morgan fingerprint density at radius 3 is 2.80 bits per heavy atom. The van der Waals surface area contributed by atoms with Gasteiger partial charge >= 0.3 is 0 Å². The van der Waals surface area contributed by atoms with Gasteiger partial charge in [-0.3, -0.25) is 0 Å². The van der Waals surface area contributed by atoms with Crippen LogP contribution in [-0.2, 0) is 9.47 Å². The highest BCUT2D eigenvalue weighted by Crippen LogP contribution is 2.26. The number of rotatable bonds is 9. The second kappa shape index (κ2) is 9.41. The van der Waals surface area contributed by atoms with Gasteiger partial charge in [0.1, 0.15) is 5.75 Å². The molecule has 0 unspecified atom stereocenters. The SMILES string of the molecule is COCCOCCCOc1cccc(Cl)c1/C(N)=N/O. The molecular formula is C13H19ClN2O4. The number of methoxy groups -OCH3 is 1. The maximum Gasteiger partial charge on any atom is 0.175 e. The van der Waals surface area contributed by atoms with Gasteiger partial charge in [-0.15, -0.1) is 0 Å². The van der Waals surface area contributed by atoms with Gasteiger partial charge in [0.25, 0.3) is 0 Å². The van der Waals surface area contributed by atoms with Crippen LogP contribution in [0.3, 0.4) is 0 Å². The van der Waals surface area contributed by atoms with Gasteiger partial charge in [0, 0.05) is 20.1 Å². The molecule has 20 heavy (non-hydrogen) atoms. The molecule has 0 spiro atoms. The number of nitrogens with zero attached hydrogens (tertiary/aromatic N) is 1. The van der Waals surface area contributed by atoms with Gasteiger partial charge in [-0.2, -0.15) is 0 Å². The Morgan fingerprint density at radius 2 is 2.10 bits per heavy atom. The van der Waals surface area contributed by atoms with Crippen LogP contribution < -0.4 is 10.5 Å². The molecule has 0 saturated heterocycles. The highest BCUT2D eigenvalue weighted by molar-refractivity contribution is 6.34. The lowest BCUT2D eigenvalue weighted by Gasteiger charge is -2.12. The molecule has 0 radical (unpaired) electrons. The molecule has 0 aliphatic heterocycles. The number of halogens is 1. The van der Waals surface area contributed by atoms with Crippen molar-refractivity contribution in [3.05, 3.63) is 28.8 Å². The first-order chi connectivity index (χ1) is 9.70. The molecule has 0 saturated carbocycles. The normalized spacial score (nSPS) is 11.6. The number of amidine groups is 1. The topological polar surface area (TPSA) is 86.3 Å². The summed E-state index contributed by atoms with van der Waals surface area (Å²) >= 11 is 6.01. The molecule has 1 rings (SSSR count). The zero-order valence-corrected chi connectivity index (χ0v) is 12.1. The number of ether oxygens (including phenoxy) is 3. The largest absolute Gasteiger partial charge is 0.493 e. The van der Waals surface area contributed by atoms with Crippen LogP contribution in [-0.4, -0.2) is 44.6 Å². The van der Waals surface area contributed by atoms with Gasteiger partial charge < -0.3 is 25.2 Å². The van der Waals surface area contributed by atoms with E-state index in [4.69, 9.17) is 36.8 Å². The van der Waals surface area contributed by atoms with Crippen molar-refractivity contribution in [2.24, 2.45) is 10.9 Å². The summed E-state index contributed by atoms with van der Waals surface area (Å²) in [6.45, 7) is 2.15. The highest BCUT2D eigenvalue weighted by atomic mass is 35.5. The molecule has 0 atom stereocenters. The van der Waals surface area contributed by atoms with Crippen LogP contribution in [0.15, 0.2) is 23.4 Å². The summed E-state index contributed by atoms with van der Waals surface area (Å²) in [7, 11) is 1.63. The summed E-state index contributed by atoms with van der Waals surface area (Å²) in [4.78, 5) is 0. The molecule has 112 valence electrons. The molecule has 0 bridgehead atoms. The van der Waals surface area contributed by atoms with Crippen molar-refractivity contribution in [2.45, 2.75) is 6.42 Å². The maximum absolute atomic E-state index is 8.75. The van der Waals surface area contributed by atoms with E-state index in [1.807, 2.05) is 0 Å². The monoisotopic (exact) mass is 302 g/mol. The fourth-order valence-electron chi connectivity index (χ4n) is 1.51. The Kier molecular flexibility index (Phi) is 7.79. The van der Waals surface area contributed by atoms with Crippen molar-refractivity contribution >= 4 is 17.4 Å². The van der Waals surface area contributed by atoms with Crippen molar-refractivity contribution in [3.63, 3.8) is 0 Å². The van der Waals surface area contributed by atoms with Crippen LogP contribution in [0, 0.1) is 0 Å². The Labute approximate surface area is 123 Å². The quantitative estimate of drug-likeness (QED) is 0.239. The lowest BCUT2D eigenvalue weighted by molar-refractivity contribution is 0.0644. The van der Waals surface area contributed by atoms with Crippen LogP contribution in [0.25, 0.3) is 0 Å². The second-order valence-corrected chi connectivity index (χ2v) is 4.31. The minimum Gasteiger partial charge on any atom is -0.493 e. The molecule has 0 aliphatic rings. The summed E-state index contributed by atoms with van der Waals surface area (Å²) in [6.07, 6.45) is 0.714. The molecule has 1 aromatic carbocycles. The first-order valence-corrected chi connectivity index (χ1v) is 6.54. The Morgan fingerprint density at radius 1 is 1.30 bits per heavy atom. The number of oxime groups is 1. The number of hydrogen-bond donors (Lipinski definition) is 2. The van der Waals surface area contributed by atoms with E-state index in [0.717, 1.165) is 0 Å². The standard InChI is InChI=1S/C13H19ClN2O4/c1-18-8-9-19-6-3-7-20-11-5-2-4-10(14)12(11)13(15)16-17/h2,4-5,17H,3,6-9H2,1H3,(H2,15,16). The molecule has 1 aromatic rings. The van der Waals surface area contributed by atoms with E-state index in [1.54, 1.807) is 25.3 Å². The van der Waals surface area contributed by atoms with E-state index in [9.17, 15) is 0 Å². The summed E-state index contributed by atoms with van der Waals surface area (Å²) < 4.78 is 15.8. The summed E-state index contributed by atoms with van der Waals surface area (Å²) in [5.74, 6) is 0.395. The fraction of sp³-hybridized carbons (Fsp3) is 0.462. The van der Waals surface area contributed by atoms with Crippen molar-refractivity contribution in [3.8, 4) is 5.75 Å². The van der Waals surface area contributed by atoms with E-state index in [2.05, 4.69) is 5.16 Å². The first-order valence-electron chi connectivity index (χ1n) is 6.16. The second-order valence-electron chi connectivity index (χ2n) is 3.91. The highest BCUT2D eigenvalue weighted by Gasteiger charge is 2.12. The predicted octanol–water partition coefficient (Wildman–Crippen LogP) is 1.87. The van der Waals surface area contributed by atoms with Gasteiger partial charge in [-0.25, -0.2) is 0 Å². The molecule has 0 fully saturated rings. The third-order valence-electron chi connectivity index (χ3n) is 2.46. The lowest BCUT2D eigenvalue weighted by Crippen LogP contribution is -2.16. The molecular weight excluding hydrogens is 284 g/mol. The number of benzene rings is 1. The molecule has 0 aliphatic carbocycles. The smallest absolute Gasteiger partial charge is 0.175 e. The minimum atomic E-state index is -0.0815. The van der Waals surface area contributed by atoms with Gasteiger partial charge in [0.2, 0.25) is 0 Å². The van der Waals surface area contributed by atoms with Gasteiger partial charge in [0.05, 0.1) is 30.4 Å². The Bertz CT molecular complexity index is 440. The Hall–Kier alpha value is -1.50. The maximum atomic E-state index is 8.75. The first kappa shape index (κ1) is 16.6. The average Bonchev–Trinajstić information content (AvgIpc) is 2.45. The Balaban J connectivity index is 2.46. The summed E-state index contributed by atoms with van der Waals surface area (Å²) in [5, 5.41) is 12.1. The zero-order chi connectivity index (χ0) is 14.8.